The minimum Gasteiger partial charge on any atom is -0.317 e. The predicted molar refractivity (Wildman–Crippen MR) is 54.0 cm³/mol. The first-order valence-electron chi connectivity index (χ1n) is 4.79. The zero-order valence-electron chi connectivity index (χ0n) is 8.18. The summed E-state index contributed by atoms with van der Waals surface area (Å²) in [4.78, 5) is 0. The van der Waals surface area contributed by atoms with Crippen LogP contribution in [0.2, 0.25) is 0 Å². The molecule has 0 bridgehead atoms. The molecule has 0 unspecified atom stereocenters. The van der Waals surface area contributed by atoms with Gasteiger partial charge in [0, 0.05) is 12.8 Å². The summed E-state index contributed by atoms with van der Waals surface area (Å²) in [5.74, 6) is 0. The summed E-state index contributed by atoms with van der Waals surface area (Å²) in [5.41, 5.74) is 1.30. The summed E-state index contributed by atoms with van der Waals surface area (Å²) in [6, 6.07) is 0. The average Bonchev–Trinajstić information content (AvgIpc) is 2.36. The average molecular weight is 166 g/mol. The largest absolute Gasteiger partial charge is 0.317 e. The van der Waals surface area contributed by atoms with Gasteiger partial charge < -0.3 is 4.48 Å². The van der Waals surface area contributed by atoms with Crippen molar-refractivity contribution in [3.63, 3.8) is 0 Å². The Hall–Kier alpha value is -0.560. The number of hydrogen-bond acceptors (Lipinski definition) is 0. The van der Waals surface area contributed by atoms with Gasteiger partial charge in [-0.3, -0.25) is 0 Å². The van der Waals surface area contributed by atoms with E-state index in [-0.39, 0.29) is 0 Å². The van der Waals surface area contributed by atoms with Crippen molar-refractivity contribution < 1.29 is 4.48 Å². The molecule has 1 saturated heterocycles. The summed E-state index contributed by atoms with van der Waals surface area (Å²) >= 11 is 0. The Morgan fingerprint density at radius 3 is 2.42 bits per heavy atom. The van der Waals surface area contributed by atoms with Gasteiger partial charge in [-0.1, -0.05) is 13.2 Å². The van der Waals surface area contributed by atoms with Gasteiger partial charge in [0.2, 0.25) is 0 Å². The molecule has 12 heavy (non-hydrogen) atoms. The highest BCUT2D eigenvalue weighted by Gasteiger charge is 2.29. The molecule has 1 aliphatic heterocycles. The van der Waals surface area contributed by atoms with E-state index >= 15 is 0 Å². The second-order valence-electron chi connectivity index (χ2n) is 4.08. The zero-order valence-corrected chi connectivity index (χ0v) is 8.18. The van der Waals surface area contributed by atoms with Crippen LogP contribution in [-0.2, 0) is 0 Å². The molecule has 0 spiro atoms. The van der Waals surface area contributed by atoms with E-state index in [9.17, 15) is 0 Å². The third-order valence-corrected chi connectivity index (χ3v) is 2.64. The van der Waals surface area contributed by atoms with E-state index in [1.165, 1.54) is 36.0 Å². The monoisotopic (exact) mass is 166 g/mol. The van der Waals surface area contributed by atoms with Gasteiger partial charge in [0.15, 0.2) is 0 Å². The molecule has 0 saturated carbocycles. The highest BCUT2D eigenvalue weighted by Crippen LogP contribution is 2.20. The van der Waals surface area contributed by atoms with Gasteiger partial charge in [-0.15, -0.1) is 0 Å². The standard InChI is InChI=1S/C11H20N/c1-4-7-12(10-11(2)3)8-5-6-9-12/h4H,1-2,5-10H2,3H3/q+1. The van der Waals surface area contributed by atoms with Gasteiger partial charge >= 0.3 is 0 Å². The highest BCUT2D eigenvalue weighted by molar-refractivity contribution is 4.89. The molecule has 0 N–H and O–H groups in total. The summed E-state index contributed by atoms with van der Waals surface area (Å²) < 4.78 is 1.21. The third kappa shape index (κ3) is 2.21. The summed E-state index contributed by atoms with van der Waals surface area (Å²) in [6.07, 6.45) is 4.80. The Kier molecular flexibility index (Phi) is 3.10. The van der Waals surface area contributed by atoms with Crippen molar-refractivity contribution >= 4 is 0 Å². The van der Waals surface area contributed by atoms with Crippen molar-refractivity contribution in [3.05, 3.63) is 24.8 Å². The Morgan fingerprint density at radius 2 is 2.00 bits per heavy atom. The van der Waals surface area contributed by atoms with Crippen LogP contribution in [0.1, 0.15) is 19.8 Å². The normalized spacial score (nSPS) is 20.8. The highest BCUT2D eigenvalue weighted by atomic mass is 15.4. The third-order valence-electron chi connectivity index (χ3n) is 2.64. The molecule has 0 aliphatic carbocycles. The fourth-order valence-electron chi connectivity index (χ4n) is 2.26. The maximum absolute atomic E-state index is 4.00. The molecule has 1 rings (SSSR count). The lowest BCUT2D eigenvalue weighted by Crippen LogP contribution is -2.46. The smallest absolute Gasteiger partial charge is 0.1000 e. The molecular formula is C11H20N+. The van der Waals surface area contributed by atoms with Crippen molar-refractivity contribution in [3.8, 4) is 0 Å². The van der Waals surface area contributed by atoms with Gasteiger partial charge in [0.1, 0.15) is 0 Å². The van der Waals surface area contributed by atoms with Crippen LogP contribution in [0.15, 0.2) is 24.8 Å². The Balaban J connectivity index is 2.57. The van der Waals surface area contributed by atoms with Crippen molar-refractivity contribution in [2.24, 2.45) is 0 Å². The molecule has 68 valence electrons. The van der Waals surface area contributed by atoms with Gasteiger partial charge in [0.25, 0.3) is 0 Å². The second kappa shape index (κ2) is 3.90. The fourth-order valence-corrected chi connectivity index (χ4v) is 2.26. The molecule has 0 amide bonds. The van der Waals surface area contributed by atoms with Crippen LogP contribution in [0.5, 0.6) is 0 Å². The quantitative estimate of drug-likeness (QED) is 0.444. The van der Waals surface area contributed by atoms with Crippen LogP contribution in [0.3, 0.4) is 0 Å². The van der Waals surface area contributed by atoms with E-state index in [1.807, 2.05) is 6.08 Å². The lowest BCUT2D eigenvalue weighted by atomic mass is 10.2. The molecule has 1 aliphatic rings. The number of likely N-dealkylation sites (tertiary alicyclic amines) is 1. The molecule has 0 atom stereocenters. The van der Waals surface area contributed by atoms with E-state index in [4.69, 9.17) is 0 Å². The fraction of sp³-hybridized carbons (Fsp3) is 0.636. The van der Waals surface area contributed by atoms with E-state index in [0.717, 1.165) is 13.1 Å². The Bertz CT molecular complexity index is 175. The van der Waals surface area contributed by atoms with Crippen molar-refractivity contribution in [2.75, 3.05) is 26.2 Å². The van der Waals surface area contributed by atoms with Gasteiger partial charge in [0.05, 0.1) is 26.2 Å². The number of hydrogen-bond donors (Lipinski definition) is 0. The minimum absolute atomic E-state index is 1.12. The van der Waals surface area contributed by atoms with Gasteiger partial charge in [-0.05, 0) is 18.6 Å². The first kappa shape index (κ1) is 9.53. The number of nitrogens with zero attached hydrogens (tertiary/aromatic N) is 1. The summed E-state index contributed by atoms with van der Waals surface area (Å²) in [7, 11) is 0. The van der Waals surface area contributed by atoms with Crippen molar-refractivity contribution in [1.82, 2.24) is 0 Å². The van der Waals surface area contributed by atoms with Gasteiger partial charge in [-0.25, -0.2) is 0 Å². The van der Waals surface area contributed by atoms with Crippen LogP contribution in [0.4, 0.5) is 0 Å². The van der Waals surface area contributed by atoms with Gasteiger partial charge in [-0.2, -0.15) is 0 Å². The first-order chi connectivity index (χ1) is 5.68. The van der Waals surface area contributed by atoms with Crippen LogP contribution in [-0.4, -0.2) is 30.7 Å². The molecule has 0 aromatic heterocycles. The maximum atomic E-state index is 4.00. The topological polar surface area (TPSA) is 0 Å². The van der Waals surface area contributed by atoms with Crippen LogP contribution in [0, 0.1) is 0 Å². The zero-order chi connectivity index (χ0) is 9.03. The SMILES string of the molecule is C=CC[N+]1(CC(=C)C)CCCC1. The van der Waals surface area contributed by atoms with E-state index in [1.54, 1.807) is 0 Å². The molecular weight excluding hydrogens is 146 g/mol. The predicted octanol–water partition coefficient (Wildman–Crippen LogP) is 2.36. The molecule has 0 aromatic rings. The molecule has 1 nitrogen and oxygen atoms in total. The number of rotatable bonds is 4. The molecule has 1 heteroatoms. The van der Waals surface area contributed by atoms with Crippen LogP contribution >= 0.6 is 0 Å². The molecule has 0 aromatic carbocycles. The Morgan fingerprint density at radius 1 is 1.42 bits per heavy atom. The lowest BCUT2D eigenvalue weighted by Gasteiger charge is -2.33. The minimum atomic E-state index is 1.12. The first-order valence-corrected chi connectivity index (χ1v) is 4.79. The van der Waals surface area contributed by atoms with E-state index in [2.05, 4.69) is 20.1 Å². The maximum Gasteiger partial charge on any atom is 0.1000 e. The van der Waals surface area contributed by atoms with E-state index < -0.39 is 0 Å². The summed E-state index contributed by atoms with van der Waals surface area (Å²) in [5, 5.41) is 0. The lowest BCUT2D eigenvalue weighted by molar-refractivity contribution is -0.906. The second-order valence-corrected chi connectivity index (χ2v) is 4.08. The van der Waals surface area contributed by atoms with Crippen molar-refractivity contribution in [1.29, 1.82) is 0 Å². The van der Waals surface area contributed by atoms with E-state index in [0.29, 0.717) is 0 Å². The van der Waals surface area contributed by atoms with Crippen LogP contribution < -0.4 is 0 Å². The van der Waals surface area contributed by atoms with Crippen LogP contribution in [0.25, 0.3) is 0 Å². The molecule has 0 radical (unpaired) electrons. The summed E-state index contributed by atoms with van der Waals surface area (Å²) in [6.45, 7) is 14.9. The molecule has 1 heterocycles. The number of quaternary nitrogens is 1. The Labute approximate surface area is 76.0 Å². The van der Waals surface area contributed by atoms with Crippen molar-refractivity contribution in [2.45, 2.75) is 19.8 Å². The molecule has 1 fully saturated rings.